The molecule has 2 rings (SSSR count). The van der Waals surface area contributed by atoms with Crippen molar-refractivity contribution in [2.24, 2.45) is 0 Å². The van der Waals surface area contributed by atoms with Gasteiger partial charge in [-0.15, -0.1) is 0 Å². The fourth-order valence-corrected chi connectivity index (χ4v) is 2.22. The lowest BCUT2D eigenvalue weighted by Crippen LogP contribution is -2.21. The van der Waals surface area contributed by atoms with Crippen LogP contribution in [0.4, 0.5) is 0 Å². The summed E-state index contributed by atoms with van der Waals surface area (Å²) in [6.07, 6.45) is 5.25. The van der Waals surface area contributed by atoms with E-state index >= 15 is 0 Å². The Morgan fingerprint density at radius 2 is 1.67 bits per heavy atom. The van der Waals surface area contributed by atoms with E-state index in [4.69, 9.17) is 14.3 Å². The molecule has 0 amide bonds. The third kappa shape index (κ3) is 3.62. The number of hydrogen-bond donors (Lipinski definition) is 1. The summed E-state index contributed by atoms with van der Waals surface area (Å²) in [4.78, 5) is 5.62. The van der Waals surface area contributed by atoms with Crippen molar-refractivity contribution < 1.29 is 14.3 Å². The maximum Gasteiger partial charge on any atom is 0.122 e. The Morgan fingerprint density at radius 1 is 1.06 bits per heavy atom. The molecule has 0 heterocycles. The fourth-order valence-electron chi connectivity index (χ4n) is 2.22. The standard InChI is InChI=1S/C14H21NO3/c1-16-13-7-11(8-14(9-13)17-2)10-15-18-12-5-3-4-6-12/h7-9,12,15H,3-6,10H2,1-2H3. The Bertz CT molecular complexity index is 353. The van der Waals surface area contributed by atoms with Gasteiger partial charge in [0, 0.05) is 12.6 Å². The van der Waals surface area contributed by atoms with Crippen molar-refractivity contribution in [2.45, 2.75) is 38.3 Å². The molecule has 1 saturated carbocycles. The number of methoxy groups -OCH3 is 2. The van der Waals surface area contributed by atoms with Crippen molar-refractivity contribution in [1.29, 1.82) is 0 Å². The van der Waals surface area contributed by atoms with Crippen LogP contribution >= 0.6 is 0 Å². The molecular weight excluding hydrogens is 230 g/mol. The van der Waals surface area contributed by atoms with Crippen molar-refractivity contribution in [3.8, 4) is 11.5 Å². The van der Waals surface area contributed by atoms with Gasteiger partial charge in [-0.2, -0.15) is 5.48 Å². The third-order valence-electron chi connectivity index (χ3n) is 3.24. The van der Waals surface area contributed by atoms with E-state index in [0.717, 1.165) is 29.9 Å². The van der Waals surface area contributed by atoms with Crippen molar-refractivity contribution in [1.82, 2.24) is 5.48 Å². The molecule has 0 aliphatic heterocycles. The molecule has 1 aromatic rings. The number of ether oxygens (including phenoxy) is 2. The highest BCUT2D eigenvalue weighted by atomic mass is 16.7. The molecule has 0 unspecified atom stereocenters. The Hall–Kier alpha value is -1.26. The first-order valence-electron chi connectivity index (χ1n) is 6.42. The molecule has 1 aliphatic rings. The Kier molecular flexibility index (Phi) is 4.84. The zero-order valence-corrected chi connectivity index (χ0v) is 11.1. The maximum absolute atomic E-state index is 5.62. The number of hydrogen-bond acceptors (Lipinski definition) is 4. The van der Waals surface area contributed by atoms with Crippen LogP contribution in [0.2, 0.25) is 0 Å². The molecule has 0 atom stereocenters. The molecule has 0 saturated heterocycles. The van der Waals surface area contributed by atoms with E-state index in [0.29, 0.717) is 12.6 Å². The van der Waals surface area contributed by atoms with Gasteiger partial charge in [0.05, 0.1) is 20.3 Å². The molecule has 0 radical (unpaired) electrons. The third-order valence-corrected chi connectivity index (χ3v) is 3.24. The van der Waals surface area contributed by atoms with Crippen molar-refractivity contribution >= 4 is 0 Å². The van der Waals surface area contributed by atoms with E-state index in [2.05, 4.69) is 5.48 Å². The Balaban J connectivity index is 1.87. The summed E-state index contributed by atoms with van der Waals surface area (Å²) in [5.74, 6) is 1.60. The molecule has 4 nitrogen and oxygen atoms in total. The number of benzene rings is 1. The second-order valence-corrected chi connectivity index (χ2v) is 4.57. The lowest BCUT2D eigenvalue weighted by molar-refractivity contribution is -0.0244. The largest absolute Gasteiger partial charge is 0.497 e. The zero-order valence-electron chi connectivity index (χ0n) is 11.1. The van der Waals surface area contributed by atoms with Crippen molar-refractivity contribution in [2.75, 3.05) is 14.2 Å². The highest BCUT2D eigenvalue weighted by molar-refractivity contribution is 5.38. The average Bonchev–Trinajstić information content (AvgIpc) is 2.91. The van der Waals surface area contributed by atoms with Gasteiger partial charge >= 0.3 is 0 Å². The van der Waals surface area contributed by atoms with E-state index in [9.17, 15) is 0 Å². The summed E-state index contributed by atoms with van der Waals surface area (Å²) in [7, 11) is 3.31. The molecule has 18 heavy (non-hydrogen) atoms. The first-order valence-corrected chi connectivity index (χ1v) is 6.42. The van der Waals surface area contributed by atoms with E-state index < -0.39 is 0 Å². The van der Waals surface area contributed by atoms with Crippen LogP contribution in [-0.4, -0.2) is 20.3 Å². The van der Waals surface area contributed by atoms with Gasteiger partial charge < -0.3 is 9.47 Å². The monoisotopic (exact) mass is 251 g/mol. The summed E-state index contributed by atoms with van der Waals surface area (Å²) in [6.45, 7) is 0.657. The normalized spacial score (nSPS) is 15.9. The Morgan fingerprint density at radius 3 is 2.22 bits per heavy atom. The van der Waals surface area contributed by atoms with E-state index in [1.54, 1.807) is 14.2 Å². The van der Waals surface area contributed by atoms with Gasteiger partial charge in [-0.3, -0.25) is 4.84 Å². The smallest absolute Gasteiger partial charge is 0.122 e. The summed E-state index contributed by atoms with van der Waals surface area (Å²) in [6, 6.07) is 5.82. The fraction of sp³-hybridized carbons (Fsp3) is 0.571. The highest BCUT2D eigenvalue weighted by Crippen LogP contribution is 2.23. The van der Waals surface area contributed by atoms with E-state index in [1.165, 1.54) is 12.8 Å². The average molecular weight is 251 g/mol. The van der Waals surface area contributed by atoms with Crippen molar-refractivity contribution in [3.05, 3.63) is 23.8 Å². The van der Waals surface area contributed by atoms with Gasteiger partial charge in [-0.1, -0.05) is 12.8 Å². The lowest BCUT2D eigenvalue weighted by atomic mass is 10.2. The quantitative estimate of drug-likeness (QED) is 0.789. The summed E-state index contributed by atoms with van der Waals surface area (Å²) in [5, 5.41) is 0. The number of rotatable bonds is 6. The molecule has 1 N–H and O–H groups in total. The summed E-state index contributed by atoms with van der Waals surface area (Å²) < 4.78 is 10.5. The van der Waals surface area contributed by atoms with Crippen LogP contribution < -0.4 is 15.0 Å². The minimum Gasteiger partial charge on any atom is -0.497 e. The molecule has 100 valence electrons. The van der Waals surface area contributed by atoms with E-state index in [1.807, 2.05) is 18.2 Å². The predicted octanol–water partition coefficient (Wildman–Crippen LogP) is 2.67. The van der Waals surface area contributed by atoms with Gasteiger partial charge in [0.1, 0.15) is 11.5 Å². The minimum absolute atomic E-state index is 0.373. The van der Waals surface area contributed by atoms with E-state index in [-0.39, 0.29) is 0 Å². The number of hydroxylamine groups is 1. The summed E-state index contributed by atoms with van der Waals surface area (Å²) >= 11 is 0. The lowest BCUT2D eigenvalue weighted by Gasteiger charge is -2.13. The van der Waals surface area contributed by atoms with Gasteiger partial charge in [-0.25, -0.2) is 0 Å². The molecule has 1 fully saturated rings. The molecule has 0 bridgehead atoms. The molecule has 1 aromatic carbocycles. The molecular formula is C14H21NO3. The molecule has 4 heteroatoms. The van der Waals surface area contributed by atoms with Crippen LogP contribution in [0.1, 0.15) is 31.2 Å². The van der Waals surface area contributed by atoms with Crippen LogP contribution in [0.15, 0.2) is 18.2 Å². The topological polar surface area (TPSA) is 39.7 Å². The second kappa shape index (κ2) is 6.61. The predicted molar refractivity (Wildman–Crippen MR) is 69.7 cm³/mol. The second-order valence-electron chi connectivity index (χ2n) is 4.57. The van der Waals surface area contributed by atoms with Crippen LogP contribution in [-0.2, 0) is 11.4 Å². The summed E-state index contributed by atoms with van der Waals surface area (Å²) in [5.41, 5.74) is 4.12. The van der Waals surface area contributed by atoms with Gasteiger partial charge in [0.2, 0.25) is 0 Å². The molecule has 0 spiro atoms. The zero-order chi connectivity index (χ0) is 12.8. The molecule has 0 aromatic heterocycles. The molecule has 1 aliphatic carbocycles. The number of nitrogens with one attached hydrogen (secondary N) is 1. The van der Waals surface area contributed by atoms with Gasteiger partial charge in [-0.05, 0) is 30.5 Å². The van der Waals surface area contributed by atoms with Crippen molar-refractivity contribution in [3.63, 3.8) is 0 Å². The minimum atomic E-state index is 0.373. The van der Waals surface area contributed by atoms with Gasteiger partial charge in [0.15, 0.2) is 0 Å². The van der Waals surface area contributed by atoms with Crippen LogP contribution in [0.25, 0.3) is 0 Å². The van der Waals surface area contributed by atoms with Crippen LogP contribution in [0, 0.1) is 0 Å². The first kappa shape index (κ1) is 13.2. The van der Waals surface area contributed by atoms with Crippen LogP contribution in [0.5, 0.6) is 11.5 Å². The Labute approximate surface area is 108 Å². The first-order chi connectivity index (χ1) is 8.81. The SMILES string of the molecule is COc1cc(CNOC2CCCC2)cc(OC)c1. The maximum atomic E-state index is 5.62. The highest BCUT2D eigenvalue weighted by Gasteiger charge is 2.15. The van der Waals surface area contributed by atoms with Gasteiger partial charge in [0.25, 0.3) is 0 Å². The van der Waals surface area contributed by atoms with Crippen LogP contribution in [0.3, 0.4) is 0 Å².